The van der Waals surface area contributed by atoms with Crippen LogP contribution in [0.15, 0.2) is 21.7 Å². The van der Waals surface area contributed by atoms with E-state index in [0.29, 0.717) is 6.54 Å². The number of hydrogen-bond donors (Lipinski definition) is 2. The van der Waals surface area contributed by atoms with Crippen molar-refractivity contribution in [3.05, 3.63) is 22.4 Å². The smallest absolute Gasteiger partial charge is 0.193 e. The van der Waals surface area contributed by atoms with Gasteiger partial charge in [-0.2, -0.15) is 0 Å². The summed E-state index contributed by atoms with van der Waals surface area (Å²) in [6.45, 7) is 1.33. The molecule has 2 rings (SSSR count). The highest BCUT2D eigenvalue weighted by Gasteiger charge is 2.29. The number of aliphatic imine (C=N–C) groups is 1. The highest BCUT2D eigenvalue weighted by Crippen LogP contribution is 2.27. The van der Waals surface area contributed by atoms with E-state index >= 15 is 0 Å². The summed E-state index contributed by atoms with van der Waals surface area (Å²) in [4.78, 5) is 6.41. The second kappa shape index (κ2) is 9.27. The lowest BCUT2D eigenvalue weighted by molar-refractivity contribution is 0.00819. The van der Waals surface area contributed by atoms with Gasteiger partial charge in [0.2, 0.25) is 0 Å². The summed E-state index contributed by atoms with van der Waals surface area (Å²) in [5.74, 6) is 0.816. The van der Waals surface area contributed by atoms with Crippen LogP contribution in [0.25, 0.3) is 0 Å². The number of nitrogens with one attached hydrogen (secondary N) is 1. The third-order valence-corrected chi connectivity index (χ3v) is 4.84. The molecular weight excluding hydrogens is 471 g/mol. The van der Waals surface area contributed by atoms with E-state index in [9.17, 15) is 5.11 Å². The van der Waals surface area contributed by atoms with Crippen LogP contribution in [0, 0.1) is 0 Å². The van der Waals surface area contributed by atoms with E-state index in [0.717, 1.165) is 42.7 Å². The second-order valence-corrected chi connectivity index (χ2v) is 7.22. The van der Waals surface area contributed by atoms with Crippen molar-refractivity contribution in [1.29, 1.82) is 0 Å². The van der Waals surface area contributed by atoms with Crippen LogP contribution in [0.3, 0.4) is 0 Å². The quantitative estimate of drug-likeness (QED) is 0.381. The SMILES string of the molecule is CN=C(NCC1(O)CCCCC1)N(C)Cc1cc(Br)cn1C.I. The summed E-state index contributed by atoms with van der Waals surface area (Å²) >= 11 is 3.50. The first-order chi connectivity index (χ1) is 10.4. The first-order valence-electron chi connectivity index (χ1n) is 7.88. The third kappa shape index (κ3) is 5.94. The van der Waals surface area contributed by atoms with Crippen molar-refractivity contribution in [2.45, 2.75) is 44.2 Å². The number of guanidine groups is 1. The molecule has 0 aliphatic heterocycles. The third-order valence-electron chi connectivity index (χ3n) is 4.41. The van der Waals surface area contributed by atoms with Gasteiger partial charge in [0.25, 0.3) is 0 Å². The molecule has 0 bridgehead atoms. The van der Waals surface area contributed by atoms with E-state index < -0.39 is 5.60 Å². The lowest BCUT2D eigenvalue weighted by Crippen LogP contribution is -2.48. The van der Waals surface area contributed by atoms with E-state index in [1.165, 1.54) is 12.1 Å². The molecule has 0 spiro atoms. The molecule has 1 aromatic heterocycles. The minimum atomic E-state index is -0.580. The summed E-state index contributed by atoms with van der Waals surface area (Å²) in [6.07, 6.45) is 7.27. The van der Waals surface area contributed by atoms with E-state index in [4.69, 9.17) is 0 Å². The summed E-state index contributed by atoms with van der Waals surface area (Å²) in [5, 5.41) is 13.9. The van der Waals surface area contributed by atoms with Crippen molar-refractivity contribution in [3.8, 4) is 0 Å². The second-order valence-electron chi connectivity index (χ2n) is 6.30. The molecule has 1 aliphatic carbocycles. The topological polar surface area (TPSA) is 52.8 Å². The number of aromatic nitrogens is 1. The zero-order chi connectivity index (χ0) is 16.2. The fourth-order valence-electron chi connectivity index (χ4n) is 3.06. The van der Waals surface area contributed by atoms with Crippen molar-refractivity contribution in [2.24, 2.45) is 12.0 Å². The molecule has 1 aromatic rings. The van der Waals surface area contributed by atoms with Gasteiger partial charge < -0.3 is 19.9 Å². The summed E-state index contributed by atoms with van der Waals surface area (Å²) in [7, 11) is 5.83. The van der Waals surface area contributed by atoms with Gasteiger partial charge in [-0.25, -0.2) is 0 Å². The van der Waals surface area contributed by atoms with Gasteiger partial charge >= 0.3 is 0 Å². The van der Waals surface area contributed by atoms with Gasteiger partial charge in [0, 0.05) is 44.1 Å². The Morgan fingerprint density at radius 1 is 1.43 bits per heavy atom. The largest absolute Gasteiger partial charge is 0.388 e. The average molecular weight is 499 g/mol. The average Bonchev–Trinajstić information content (AvgIpc) is 2.78. The first-order valence-corrected chi connectivity index (χ1v) is 8.68. The Balaban J connectivity index is 0.00000264. The fourth-order valence-corrected chi connectivity index (χ4v) is 3.63. The van der Waals surface area contributed by atoms with Crippen molar-refractivity contribution in [2.75, 3.05) is 20.6 Å². The Bertz CT molecular complexity index is 526. The van der Waals surface area contributed by atoms with Crippen molar-refractivity contribution in [1.82, 2.24) is 14.8 Å². The maximum Gasteiger partial charge on any atom is 0.193 e. The van der Waals surface area contributed by atoms with Gasteiger partial charge in [0.05, 0.1) is 12.1 Å². The van der Waals surface area contributed by atoms with E-state index in [2.05, 4.69) is 41.8 Å². The highest BCUT2D eigenvalue weighted by atomic mass is 127. The molecular formula is C16H28BrIN4O. The minimum Gasteiger partial charge on any atom is -0.388 e. The van der Waals surface area contributed by atoms with Gasteiger partial charge in [-0.1, -0.05) is 19.3 Å². The van der Waals surface area contributed by atoms with Crippen LogP contribution < -0.4 is 5.32 Å². The van der Waals surface area contributed by atoms with Gasteiger partial charge in [-0.05, 0) is 34.8 Å². The van der Waals surface area contributed by atoms with E-state index in [-0.39, 0.29) is 24.0 Å². The Morgan fingerprint density at radius 2 is 2.09 bits per heavy atom. The molecule has 1 aliphatic rings. The van der Waals surface area contributed by atoms with Crippen LogP contribution in [0.2, 0.25) is 0 Å². The molecule has 0 amide bonds. The summed E-state index contributed by atoms with van der Waals surface area (Å²) < 4.78 is 3.18. The van der Waals surface area contributed by atoms with Crippen LogP contribution in [0.5, 0.6) is 0 Å². The maximum absolute atomic E-state index is 10.6. The number of aryl methyl sites for hydroxylation is 1. The number of hydrogen-bond acceptors (Lipinski definition) is 2. The van der Waals surface area contributed by atoms with Gasteiger partial charge in [-0.3, -0.25) is 4.99 Å². The first kappa shape index (κ1) is 20.8. The number of rotatable bonds is 4. The molecule has 5 nitrogen and oxygen atoms in total. The van der Waals surface area contributed by atoms with Gasteiger partial charge in [0.15, 0.2) is 5.96 Å². The van der Waals surface area contributed by atoms with Gasteiger partial charge in [-0.15, -0.1) is 24.0 Å². The molecule has 0 aromatic carbocycles. The molecule has 1 fully saturated rings. The predicted molar refractivity (Wildman–Crippen MR) is 109 cm³/mol. The highest BCUT2D eigenvalue weighted by molar-refractivity contribution is 14.0. The van der Waals surface area contributed by atoms with Crippen LogP contribution in [0.1, 0.15) is 37.8 Å². The number of aliphatic hydroxyl groups is 1. The Kier molecular flexibility index (Phi) is 8.37. The molecule has 2 N–H and O–H groups in total. The summed E-state index contributed by atoms with van der Waals surface area (Å²) in [6, 6.07) is 2.11. The number of halogens is 2. The molecule has 1 saturated carbocycles. The molecule has 0 unspecified atom stereocenters. The van der Waals surface area contributed by atoms with Gasteiger partial charge in [0.1, 0.15) is 0 Å². The standard InChI is InChI=1S/C16H27BrN4O.HI/c1-18-15(19-12-16(22)7-5-4-6-8-16)21(3)11-14-9-13(17)10-20(14)2;/h9-10,22H,4-8,11-12H2,1-3H3,(H,18,19);1H. The Morgan fingerprint density at radius 3 is 2.61 bits per heavy atom. The molecule has 7 heteroatoms. The lowest BCUT2D eigenvalue weighted by atomic mass is 9.85. The monoisotopic (exact) mass is 498 g/mol. The normalized spacial score (nSPS) is 17.5. The number of nitrogens with zero attached hydrogens (tertiary/aromatic N) is 3. The molecule has 132 valence electrons. The summed E-state index contributed by atoms with van der Waals surface area (Å²) in [5.41, 5.74) is 0.622. The van der Waals surface area contributed by atoms with Crippen molar-refractivity contribution in [3.63, 3.8) is 0 Å². The van der Waals surface area contributed by atoms with E-state index in [1.54, 1.807) is 7.05 Å². The van der Waals surface area contributed by atoms with Crippen LogP contribution >= 0.6 is 39.9 Å². The Labute approximate surface area is 164 Å². The minimum absolute atomic E-state index is 0. The zero-order valence-electron chi connectivity index (χ0n) is 14.2. The van der Waals surface area contributed by atoms with Crippen LogP contribution in [0.4, 0.5) is 0 Å². The molecule has 0 atom stereocenters. The van der Waals surface area contributed by atoms with E-state index in [1.807, 2.05) is 20.3 Å². The lowest BCUT2D eigenvalue weighted by Gasteiger charge is -2.33. The molecule has 23 heavy (non-hydrogen) atoms. The zero-order valence-corrected chi connectivity index (χ0v) is 18.1. The predicted octanol–water partition coefficient (Wildman–Crippen LogP) is 3.11. The van der Waals surface area contributed by atoms with Crippen LogP contribution in [-0.4, -0.2) is 46.8 Å². The maximum atomic E-state index is 10.6. The molecule has 0 radical (unpaired) electrons. The molecule has 1 heterocycles. The molecule has 0 saturated heterocycles. The van der Waals surface area contributed by atoms with Crippen molar-refractivity contribution >= 4 is 45.9 Å². The Hall–Kier alpha value is -0.280. The van der Waals surface area contributed by atoms with Crippen molar-refractivity contribution < 1.29 is 5.11 Å². The fraction of sp³-hybridized carbons (Fsp3) is 0.688. The van der Waals surface area contributed by atoms with Crippen LogP contribution in [-0.2, 0) is 13.6 Å².